The molecule has 148 valence electrons. The van der Waals surface area contributed by atoms with E-state index in [1.165, 1.54) is 5.01 Å². The number of nitrogens with one attached hydrogen (secondary N) is 1. The lowest BCUT2D eigenvalue weighted by molar-refractivity contribution is -0.135. The third-order valence-corrected chi connectivity index (χ3v) is 4.83. The second-order valence-corrected chi connectivity index (χ2v) is 7.24. The smallest absolute Gasteiger partial charge is 0.269 e. The van der Waals surface area contributed by atoms with Crippen molar-refractivity contribution in [3.05, 3.63) is 108 Å². The summed E-state index contributed by atoms with van der Waals surface area (Å²) in [5, 5.41) is 1.44. The van der Waals surface area contributed by atoms with Gasteiger partial charge in [-0.3, -0.25) is 20.0 Å². The fourth-order valence-corrected chi connectivity index (χ4v) is 3.31. The zero-order valence-electron chi connectivity index (χ0n) is 16.8. The maximum absolute atomic E-state index is 13.2. The van der Waals surface area contributed by atoms with E-state index in [0.717, 1.165) is 11.1 Å². The largest absolute Gasteiger partial charge is 0.273 e. The van der Waals surface area contributed by atoms with Crippen molar-refractivity contribution >= 4 is 11.8 Å². The molecule has 2 amide bonds. The van der Waals surface area contributed by atoms with Gasteiger partial charge in [-0.1, -0.05) is 78.9 Å². The third kappa shape index (κ3) is 5.32. The van der Waals surface area contributed by atoms with Gasteiger partial charge in [0.1, 0.15) is 0 Å². The Morgan fingerprint density at radius 2 is 1.21 bits per heavy atom. The standard InChI is InChI=1S/C25H26N2O2/c1-19(2)27(26-25(29)22-16-10-5-11-17-22)24(28)18-23(20-12-6-3-7-13-20)21-14-8-4-9-15-21/h3-17,19,23H,18H2,1-2H3,(H,26,29). The lowest BCUT2D eigenvalue weighted by Crippen LogP contribution is -2.50. The van der Waals surface area contributed by atoms with Gasteiger partial charge in [-0.05, 0) is 37.1 Å². The Morgan fingerprint density at radius 1 is 0.759 bits per heavy atom. The van der Waals surface area contributed by atoms with Gasteiger partial charge in [-0.2, -0.15) is 0 Å². The molecule has 0 bridgehead atoms. The van der Waals surface area contributed by atoms with Crippen LogP contribution in [0.3, 0.4) is 0 Å². The second-order valence-electron chi connectivity index (χ2n) is 7.24. The summed E-state index contributed by atoms with van der Waals surface area (Å²) >= 11 is 0. The predicted molar refractivity (Wildman–Crippen MR) is 115 cm³/mol. The summed E-state index contributed by atoms with van der Waals surface area (Å²) in [6.07, 6.45) is 0.265. The number of nitrogens with zero attached hydrogens (tertiary/aromatic N) is 1. The maximum atomic E-state index is 13.2. The summed E-state index contributed by atoms with van der Waals surface area (Å²) in [7, 11) is 0. The van der Waals surface area contributed by atoms with Crippen LogP contribution in [0.5, 0.6) is 0 Å². The van der Waals surface area contributed by atoms with E-state index in [4.69, 9.17) is 0 Å². The zero-order chi connectivity index (χ0) is 20.6. The normalized spacial score (nSPS) is 10.8. The lowest BCUT2D eigenvalue weighted by atomic mass is 9.88. The molecule has 0 radical (unpaired) electrons. The van der Waals surface area contributed by atoms with Gasteiger partial charge in [0.25, 0.3) is 5.91 Å². The second kappa shape index (κ2) is 9.69. The molecule has 4 heteroatoms. The van der Waals surface area contributed by atoms with Gasteiger partial charge >= 0.3 is 0 Å². The molecule has 3 rings (SSSR count). The highest BCUT2D eigenvalue weighted by Gasteiger charge is 2.25. The van der Waals surface area contributed by atoms with Gasteiger partial charge in [0.05, 0.1) is 0 Å². The molecule has 0 fully saturated rings. The zero-order valence-corrected chi connectivity index (χ0v) is 16.8. The summed E-state index contributed by atoms with van der Waals surface area (Å²) in [6, 6.07) is 28.7. The summed E-state index contributed by atoms with van der Waals surface area (Å²) in [6.45, 7) is 3.78. The van der Waals surface area contributed by atoms with Crippen LogP contribution in [0.4, 0.5) is 0 Å². The Bertz CT molecular complexity index is 885. The van der Waals surface area contributed by atoms with E-state index in [1.54, 1.807) is 24.3 Å². The first-order chi connectivity index (χ1) is 14.1. The minimum absolute atomic E-state index is 0.0835. The van der Waals surface area contributed by atoms with Crippen LogP contribution < -0.4 is 5.43 Å². The molecule has 0 aliphatic rings. The van der Waals surface area contributed by atoms with Crippen molar-refractivity contribution in [3.8, 4) is 0 Å². The minimum Gasteiger partial charge on any atom is -0.273 e. The Hall–Kier alpha value is -3.40. The third-order valence-electron chi connectivity index (χ3n) is 4.83. The Kier molecular flexibility index (Phi) is 6.80. The quantitative estimate of drug-likeness (QED) is 0.619. The van der Waals surface area contributed by atoms with Crippen molar-refractivity contribution in [3.63, 3.8) is 0 Å². The van der Waals surface area contributed by atoms with Gasteiger partial charge in [0, 0.05) is 23.9 Å². The van der Waals surface area contributed by atoms with E-state index in [9.17, 15) is 9.59 Å². The number of carbonyl (C=O) groups excluding carboxylic acids is 2. The Morgan fingerprint density at radius 3 is 1.66 bits per heavy atom. The molecule has 0 saturated heterocycles. The molecule has 0 aliphatic heterocycles. The molecule has 29 heavy (non-hydrogen) atoms. The molecule has 0 spiro atoms. The van der Waals surface area contributed by atoms with E-state index in [0.29, 0.717) is 5.56 Å². The molecule has 0 atom stereocenters. The maximum Gasteiger partial charge on any atom is 0.269 e. The molecule has 4 nitrogen and oxygen atoms in total. The van der Waals surface area contributed by atoms with E-state index in [2.05, 4.69) is 5.43 Å². The highest BCUT2D eigenvalue weighted by Crippen LogP contribution is 2.28. The molecule has 3 aromatic rings. The van der Waals surface area contributed by atoms with Crippen LogP contribution in [0.2, 0.25) is 0 Å². The summed E-state index contributed by atoms with van der Waals surface area (Å²) in [5.74, 6) is -0.495. The van der Waals surface area contributed by atoms with Gasteiger partial charge in [-0.15, -0.1) is 0 Å². The van der Waals surface area contributed by atoms with Gasteiger partial charge in [0.2, 0.25) is 5.91 Å². The average Bonchev–Trinajstić information content (AvgIpc) is 2.77. The lowest BCUT2D eigenvalue weighted by Gasteiger charge is -2.29. The molecule has 1 N–H and O–H groups in total. The predicted octanol–water partition coefficient (Wildman–Crippen LogP) is 4.79. The number of benzene rings is 3. The van der Waals surface area contributed by atoms with Crippen LogP contribution in [0, 0.1) is 0 Å². The first-order valence-corrected chi connectivity index (χ1v) is 9.84. The van der Waals surface area contributed by atoms with Crippen LogP contribution in [0.15, 0.2) is 91.0 Å². The first kappa shape index (κ1) is 20.3. The van der Waals surface area contributed by atoms with Crippen molar-refractivity contribution in [2.24, 2.45) is 0 Å². The van der Waals surface area contributed by atoms with Gasteiger partial charge in [0.15, 0.2) is 0 Å². The number of rotatable bonds is 6. The summed E-state index contributed by atoms with van der Waals surface area (Å²) in [5.41, 5.74) is 5.46. The summed E-state index contributed by atoms with van der Waals surface area (Å²) < 4.78 is 0. The van der Waals surface area contributed by atoms with Crippen LogP contribution in [-0.4, -0.2) is 22.9 Å². The Labute approximate surface area is 172 Å². The molecule has 0 aliphatic carbocycles. The van der Waals surface area contributed by atoms with E-state index in [1.807, 2.05) is 80.6 Å². The summed E-state index contributed by atoms with van der Waals surface area (Å²) in [4.78, 5) is 25.8. The number of hydrogen-bond acceptors (Lipinski definition) is 2. The highest BCUT2D eigenvalue weighted by molar-refractivity contribution is 5.95. The molecule has 0 aromatic heterocycles. The van der Waals surface area contributed by atoms with Crippen molar-refractivity contribution < 1.29 is 9.59 Å². The van der Waals surface area contributed by atoms with E-state index < -0.39 is 0 Å². The molecule has 0 unspecified atom stereocenters. The number of amides is 2. The molecule has 0 saturated carbocycles. The molecule has 3 aromatic carbocycles. The van der Waals surface area contributed by atoms with Crippen LogP contribution in [-0.2, 0) is 4.79 Å². The fourth-order valence-electron chi connectivity index (χ4n) is 3.31. The van der Waals surface area contributed by atoms with Crippen molar-refractivity contribution in [1.82, 2.24) is 10.4 Å². The number of hydrogen-bond donors (Lipinski definition) is 1. The van der Waals surface area contributed by atoms with Crippen molar-refractivity contribution in [2.75, 3.05) is 0 Å². The number of carbonyl (C=O) groups is 2. The molecular formula is C25H26N2O2. The first-order valence-electron chi connectivity index (χ1n) is 9.84. The SMILES string of the molecule is CC(C)N(NC(=O)c1ccccc1)C(=O)CC(c1ccccc1)c1ccccc1. The highest BCUT2D eigenvalue weighted by atomic mass is 16.2. The average molecular weight is 386 g/mol. The van der Waals surface area contributed by atoms with E-state index >= 15 is 0 Å². The fraction of sp³-hybridized carbons (Fsp3) is 0.200. The van der Waals surface area contributed by atoms with Crippen molar-refractivity contribution in [2.45, 2.75) is 32.2 Å². The molecular weight excluding hydrogens is 360 g/mol. The van der Waals surface area contributed by atoms with E-state index in [-0.39, 0.29) is 30.2 Å². The van der Waals surface area contributed by atoms with Gasteiger partial charge < -0.3 is 0 Å². The van der Waals surface area contributed by atoms with Crippen molar-refractivity contribution in [1.29, 1.82) is 0 Å². The Balaban J connectivity index is 1.82. The topological polar surface area (TPSA) is 49.4 Å². The van der Waals surface area contributed by atoms with Gasteiger partial charge in [-0.25, -0.2) is 0 Å². The number of hydrazine groups is 1. The van der Waals surface area contributed by atoms with Crippen LogP contribution in [0.1, 0.15) is 47.7 Å². The molecule has 0 heterocycles. The monoisotopic (exact) mass is 386 g/mol. The minimum atomic E-state index is -0.288. The van der Waals surface area contributed by atoms with Crippen LogP contribution >= 0.6 is 0 Å². The van der Waals surface area contributed by atoms with Crippen LogP contribution in [0.25, 0.3) is 0 Å².